The standard InChI is InChI=1S/C24H20ClN5O2/c25-16-3-1-2-14(10-16)18-13-30(23(32)22-21(18)19(12-26)28-29-22)17-6-4-15(5-7-17)24(8-9-24)11-20(27)31/h1-7,10,18H,8-9,11,13H2,(H2,27,31)(H,28,29). The Balaban J connectivity index is 1.52. The number of nitrogens with zero attached hydrogens (tertiary/aromatic N) is 3. The summed E-state index contributed by atoms with van der Waals surface area (Å²) in [7, 11) is 0. The molecule has 1 aliphatic carbocycles. The summed E-state index contributed by atoms with van der Waals surface area (Å²) in [5.74, 6) is -0.792. The van der Waals surface area contributed by atoms with E-state index < -0.39 is 0 Å². The molecule has 2 heterocycles. The number of nitriles is 1. The molecule has 8 heteroatoms. The molecule has 160 valence electrons. The maximum atomic E-state index is 13.3. The van der Waals surface area contributed by atoms with Crippen molar-refractivity contribution in [3.8, 4) is 6.07 Å². The molecule has 3 N–H and O–H groups in total. The predicted molar refractivity (Wildman–Crippen MR) is 119 cm³/mol. The van der Waals surface area contributed by atoms with Crippen molar-refractivity contribution in [1.82, 2.24) is 10.2 Å². The maximum Gasteiger partial charge on any atom is 0.276 e. The Labute approximate surface area is 189 Å². The summed E-state index contributed by atoms with van der Waals surface area (Å²) >= 11 is 6.22. The summed E-state index contributed by atoms with van der Waals surface area (Å²) in [6, 6.07) is 17.2. The van der Waals surface area contributed by atoms with E-state index in [9.17, 15) is 14.9 Å². The molecule has 1 fully saturated rings. The lowest BCUT2D eigenvalue weighted by molar-refractivity contribution is -0.118. The molecule has 1 unspecified atom stereocenters. The summed E-state index contributed by atoms with van der Waals surface area (Å²) < 4.78 is 0. The lowest BCUT2D eigenvalue weighted by atomic mass is 9.85. The number of hydrogen-bond acceptors (Lipinski definition) is 4. The van der Waals surface area contributed by atoms with Crippen LogP contribution in [0.5, 0.6) is 0 Å². The summed E-state index contributed by atoms with van der Waals surface area (Å²) in [6.45, 7) is 0.353. The zero-order valence-electron chi connectivity index (χ0n) is 17.1. The number of primary amides is 1. The van der Waals surface area contributed by atoms with Gasteiger partial charge in [0.25, 0.3) is 5.91 Å². The molecule has 1 aromatic heterocycles. The minimum atomic E-state index is -0.304. The average Bonchev–Trinajstić information content (AvgIpc) is 3.42. The van der Waals surface area contributed by atoms with Crippen LogP contribution < -0.4 is 10.6 Å². The number of nitrogens with two attached hydrogens (primary N) is 1. The van der Waals surface area contributed by atoms with Gasteiger partial charge in [-0.3, -0.25) is 14.7 Å². The van der Waals surface area contributed by atoms with Gasteiger partial charge in [-0.25, -0.2) is 0 Å². The van der Waals surface area contributed by atoms with E-state index >= 15 is 0 Å². The number of fused-ring (bicyclic) bond motifs is 1. The smallest absolute Gasteiger partial charge is 0.276 e. The number of hydrogen-bond donors (Lipinski definition) is 2. The van der Waals surface area contributed by atoms with Gasteiger partial charge in [0.05, 0.1) is 0 Å². The van der Waals surface area contributed by atoms with Gasteiger partial charge in [0, 0.05) is 40.6 Å². The largest absolute Gasteiger partial charge is 0.370 e. The third-order valence-electron chi connectivity index (χ3n) is 6.49. The van der Waals surface area contributed by atoms with Crippen molar-refractivity contribution < 1.29 is 9.59 Å². The van der Waals surface area contributed by atoms with Gasteiger partial charge in [-0.1, -0.05) is 35.9 Å². The van der Waals surface area contributed by atoms with Gasteiger partial charge in [-0.05, 0) is 48.2 Å². The van der Waals surface area contributed by atoms with E-state index in [2.05, 4.69) is 16.3 Å². The molecule has 2 amide bonds. The highest BCUT2D eigenvalue weighted by Crippen LogP contribution is 2.51. The summed E-state index contributed by atoms with van der Waals surface area (Å²) in [6.07, 6.45) is 2.20. The zero-order valence-corrected chi connectivity index (χ0v) is 17.9. The van der Waals surface area contributed by atoms with E-state index in [-0.39, 0.29) is 28.8 Å². The van der Waals surface area contributed by atoms with Crippen LogP contribution in [0.25, 0.3) is 0 Å². The van der Waals surface area contributed by atoms with Crippen molar-refractivity contribution in [2.45, 2.75) is 30.6 Å². The molecule has 32 heavy (non-hydrogen) atoms. The number of amides is 2. The lowest BCUT2D eigenvalue weighted by Crippen LogP contribution is -2.40. The van der Waals surface area contributed by atoms with Crippen LogP contribution in [-0.2, 0) is 10.2 Å². The summed E-state index contributed by atoms with van der Waals surface area (Å²) in [5.41, 5.74) is 9.10. The van der Waals surface area contributed by atoms with Gasteiger partial charge in [0.15, 0.2) is 5.69 Å². The van der Waals surface area contributed by atoms with Crippen molar-refractivity contribution in [2.75, 3.05) is 11.4 Å². The van der Waals surface area contributed by atoms with E-state index in [4.69, 9.17) is 17.3 Å². The van der Waals surface area contributed by atoms with Crippen LogP contribution >= 0.6 is 11.6 Å². The highest BCUT2D eigenvalue weighted by Gasteiger charge is 2.45. The topological polar surface area (TPSA) is 116 Å². The van der Waals surface area contributed by atoms with Crippen molar-refractivity contribution >= 4 is 29.1 Å². The van der Waals surface area contributed by atoms with Gasteiger partial charge < -0.3 is 10.6 Å². The predicted octanol–water partition coefficient (Wildman–Crippen LogP) is 3.63. The third-order valence-corrected chi connectivity index (χ3v) is 6.73. The van der Waals surface area contributed by atoms with E-state index in [1.165, 1.54) is 0 Å². The fourth-order valence-electron chi connectivity index (χ4n) is 4.69. The van der Waals surface area contributed by atoms with Crippen LogP contribution in [-0.4, -0.2) is 28.6 Å². The van der Waals surface area contributed by atoms with Crippen molar-refractivity contribution in [3.05, 3.63) is 81.6 Å². The fraction of sp³-hybridized carbons (Fsp3) is 0.250. The third kappa shape index (κ3) is 3.33. The second-order valence-corrected chi connectivity index (χ2v) is 8.90. The normalized spacial score (nSPS) is 18.7. The number of aromatic amines is 1. The number of rotatable bonds is 5. The Hall–Kier alpha value is -3.63. The Morgan fingerprint density at radius 3 is 2.66 bits per heavy atom. The molecule has 1 atom stereocenters. The van der Waals surface area contributed by atoms with Crippen LogP contribution in [0.3, 0.4) is 0 Å². The monoisotopic (exact) mass is 445 g/mol. The number of anilines is 1. The van der Waals surface area contributed by atoms with Crippen molar-refractivity contribution in [2.24, 2.45) is 5.73 Å². The van der Waals surface area contributed by atoms with Gasteiger partial charge in [0.1, 0.15) is 11.8 Å². The van der Waals surface area contributed by atoms with Gasteiger partial charge in [-0.2, -0.15) is 10.4 Å². The molecule has 2 aromatic carbocycles. The second-order valence-electron chi connectivity index (χ2n) is 8.47. The molecule has 0 saturated heterocycles. The van der Waals surface area contributed by atoms with Crippen molar-refractivity contribution in [3.63, 3.8) is 0 Å². The highest BCUT2D eigenvalue weighted by molar-refractivity contribution is 6.30. The zero-order chi connectivity index (χ0) is 22.5. The Morgan fingerprint density at radius 1 is 1.28 bits per heavy atom. The lowest BCUT2D eigenvalue weighted by Gasteiger charge is -2.33. The molecule has 0 radical (unpaired) electrons. The molecule has 2 aliphatic rings. The molecule has 5 rings (SSSR count). The molecule has 0 bridgehead atoms. The van der Waals surface area contributed by atoms with Gasteiger partial charge in [-0.15, -0.1) is 0 Å². The Morgan fingerprint density at radius 2 is 2.03 bits per heavy atom. The second kappa shape index (κ2) is 7.50. The first-order valence-corrected chi connectivity index (χ1v) is 10.7. The number of carbonyl (C=O) groups is 2. The molecule has 1 aliphatic heterocycles. The highest BCUT2D eigenvalue weighted by atomic mass is 35.5. The maximum absolute atomic E-state index is 13.3. The summed E-state index contributed by atoms with van der Waals surface area (Å²) in [5, 5.41) is 16.9. The van der Waals surface area contributed by atoms with Gasteiger partial charge >= 0.3 is 0 Å². The van der Waals surface area contributed by atoms with Crippen LogP contribution in [0.1, 0.15) is 58.1 Å². The molecule has 1 saturated carbocycles. The number of H-pyrrole nitrogens is 1. The molecular formula is C24H20ClN5O2. The quantitative estimate of drug-likeness (QED) is 0.623. The number of carbonyl (C=O) groups excluding carboxylic acids is 2. The first-order chi connectivity index (χ1) is 15.4. The molecule has 3 aromatic rings. The van der Waals surface area contributed by atoms with Crippen LogP contribution in [0, 0.1) is 11.3 Å². The van der Waals surface area contributed by atoms with E-state index in [1.807, 2.05) is 42.5 Å². The Kier molecular flexibility index (Phi) is 4.75. The number of halogens is 1. The number of nitrogens with one attached hydrogen (secondary N) is 1. The average molecular weight is 446 g/mol. The molecular weight excluding hydrogens is 426 g/mol. The van der Waals surface area contributed by atoms with E-state index in [0.29, 0.717) is 29.2 Å². The summed E-state index contributed by atoms with van der Waals surface area (Å²) in [4.78, 5) is 26.4. The van der Waals surface area contributed by atoms with Gasteiger partial charge in [0.2, 0.25) is 5.91 Å². The minimum absolute atomic E-state index is 0.169. The Bertz CT molecular complexity index is 1270. The van der Waals surface area contributed by atoms with E-state index in [1.54, 1.807) is 11.0 Å². The first-order valence-electron chi connectivity index (χ1n) is 10.4. The number of benzene rings is 2. The first kappa shape index (κ1) is 20.3. The SMILES string of the molecule is N#Cc1n[nH]c2c1C(c1cccc(Cl)c1)CN(c1ccc(C3(CC(N)=O)CC3)cc1)C2=O. The fourth-order valence-corrected chi connectivity index (χ4v) is 4.89. The number of aromatic nitrogens is 2. The van der Waals surface area contributed by atoms with Crippen LogP contribution in [0.2, 0.25) is 5.02 Å². The minimum Gasteiger partial charge on any atom is -0.370 e. The molecule has 0 spiro atoms. The van der Waals surface area contributed by atoms with E-state index in [0.717, 1.165) is 29.7 Å². The van der Waals surface area contributed by atoms with Crippen LogP contribution in [0.4, 0.5) is 5.69 Å². The van der Waals surface area contributed by atoms with Crippen LogP contribution in [0.15, 0.2) is 48.5 Å². The van der Waals surface area contributed by atoms with Crippen molar-refractivity contribution in [1.29, 1.82) is 5.26 Å². The molecule has 7 nitrogen and oxygen atoms in total.